The van der Waals surface area contributed by atoms with Crippen LogP contribution in [0.1, 0.15) is 24.0 Å². The van der Waals surface area contributed by atoms with Crippen LogP contribution in [0.15, 0.2) is 54.6 Å². The fourth-order valence-corrected chi connectivity index (χ4v) is 3.78. The SMILES string of the molecule is O=C(CSCCc1ccccc1)NCc1ccc(N2CCCC2=O)cc1. The number of carbonyl (C=O) groups excluding carboxylic acids is 2. The molecule has 1 aliphatic rings. The molecule has 136 valence electrons. The predicted octanol–water partition coefficient (Wildman–Crippen LogP) is 3.41. The maximum atomic E-state index is 12.0. The Labute approximate surface area is 159 Å². The first-order valence-electron chi connectivity index (χ1n) is 9.00. The van der Waals surface area contributed by atoms with Crippen LogP contribution in [0.5, 0.6) is 0 Å². The van der Waals surface area contributed by atoms with E-state index >= 15 is 0 Å². The van der Waals surface area contributed by atoms with Crippen LogP contribution in [0.4, 0.5) is 5.69 Å². The number of benzene rings is 2. The molecule has 1 fully saturated rings. The third-order valence-electron chi connectivity index (χ3n) is 4.42. The van der Waals surface area contributed by atoms with E-state index in [-0.39, 0.29) is 11.8 Å². The summed E-state index contributed by atoms with van der Waals surface area (Å²) < 4.78 is 0. The summed E-state index contributed by atoms with van der Waals surface area (Å²) in [5.41, 5.74) is 3.29. The van der Waals surface area contributed by atoms with Crippen LogP contribution in [0.3, 0.4) is 0 Å². The molecular formula is C21H24N2O2S. The number of anilines is 1. The largest absolute Gasteiger partial charge is 0.351 e. The molecule has 1 saturated heterocycles. The van der Waals surface area contributed by atoms with Gasteiger partial charge in [0.1, 0.15) is 0 Å². The normalized spacial score (nSPS) is 13.8. The van der Waals surface area contributed by atoms with Crippen molar-refractivity contribution in [2.45, 2.75) is 25.8 Å². The van der Waals surface area contributed by atoms with E-state index in [2.05, 4.69) is 17.4 Å². The monoisotopic (exact) mass is 368 g/mol. The highest BCUT2D eigenvalue weighted by Gasteiger charge is 2.21. The van der Waals surface area contributed by atoms with Gasteiger partial charge in [0.15, 0.2) is 0 Å². The maximum absolute atomic E-state index is 12.0. The number of nitrogens with zero attached hydrogens (tertiary/aromatic N) is 1. The van der Waals surface area contributed by atoms with E-state index in [4.69, 9.17) is 0 Å². The maximum Gasteiger partial charge on any atom is 0.230 e. The Kier molecular flexibility index (Phi) is 6.72. The van der Waals surface area contributed by atoms with Crippen LogP contribution < -0.4 is 10.2 Å². The van der Waals surface area contributed by atoms with Crippen molar-refractivity contribution in [1.29, 1.82) is 0 Å². The van der Waals surface area contributed by atoms with Gasteiger partial charge < -0.3 is 10.2 Å². The second kappa shape index (κ2) is 9.43. The topological polar surface area (TPSA) is 49.4 Å². The quantitative estimate of drug-likeness (QED) is 0.727. The van der Waals surface area contributed by atoms with Gasteiger partial charge in [-0.25, -0.2) is 0 Å². The summed E-state index contributed by atoms with van der Waals surface area (Å²) in [6, 6.07) is 18.2. The molecule has 1 aliphatic heterocycles. The fraction of sp³-hybridized carbons (Fsp3) is 0.333. The van der Waals surface area contributed by atoms with E-state index in [1.54, 1.807) is 11.8 Å². The highest BCUT2D eigenvalue weighted by Crippen LogP contribution is 2.21. The van der Waals surface area contributed by atoms with Crippen molar-refractivity contribution in [3.63, 3.8) is 0 Å². The molecule has 0 spiro atoms. The standard InChI is InChI=1S/C21H24N2O2S/c24-20(16-26-14-12-17-5-2-1-3-6-17)22-15-18-8-10-19(11-9-18)23-13-4-7-21(23)25/h1-3,5-6,8-11H,4,7,12-16H2,(H,22,24). The minimum Gasteiger partial charge on any atom is -0.351 e. The number of hydrogen-bond acceptors (Lipinski definition) is 3. The van der Waals surface area contributed by atoms with Gasteiger partial charge in [-0.05, 0) is 41.9 Å². The molecule has 2 amide bonds. The Morgan fingerprint density at radius 2 is 1.81 bits per heavy atom. The van der Waals surface area contributed by atoms with E-state index < -0.39 is 0 Å². The van der Waals surface area contributed by atoms with Gasteiger partial charge in [-0.2, -0.15) is 11.8 Å². The van der Waals surface area contributed by atoms with Gasteiger partial charge in [0.2, 0.25) is 11.8 Å². The lowest BCUT2D eigenvalue weighted by Crippen LogP contribution is -2.25. The third kappa shape index (κ3) is 5.36. The first kappa shape index (κ1) is 18.5. The number of nitrogens with one attached hydrogen (secondary N) is 1. The zero-order valence-corrected chi connectivity index (χ0v) is 15.6. The Morgan fingerprint density at radius 1 is 1.04 bits per heavy atom. The van der Waals surface area contributed by atoms with Gasteiger partial charge in [0.05, 0.1) is 5.75 Å². The molecule has 26 heavy (non-hydrogen) atoms. The van der Waals surface area contributed by atoms with Crippen molar-refractivity contribution in [3.05, 3.63) is 65.7 Å². The Morgan fingerprint density at radius 3 is 2.50 bits per heavy atom. The van der Waals surface area contributed by atoms with E-state index in [9.17, 15) is 9.59 Å². The number of hydrogen-bond donors (Lipinski definition) is 1. The molecule has 0 atom stereocenters. The summed E-state index contributed by atoms with van der Waals surface area (Å²) in [5, 5.41) is 2.96. The number of carbonyl (C=O) groups is 2. The second-order valence-corrected chi connectivity index (χ2v) is 7.49. The van der Waals surface area contributed by atoms with E-state index in [0.29, 0.717) is 18.7 Å². The Hall–Kier alpha value is -2.27. The molecule has 0 radical (unpaired) electrons. The zero-order valence-electron chi connectivity index (χ0n) is 14.8. The molecule has 1 heterocycles. The molecule has 2 aromatic carbocycles. The Bertz CT molecular complexity index is 731. The molecule has 5 heteroatoms. The number of rotatable bonds is 8. The van der Waals surface area contributed by atoms with Crippen LogP contribution in [-0.4, -0.2) is 29.9 Å². The molecule has 3 rings (SSSR count). The van der Waals surface area contributed by atoms with Crippen LogP contribution in [0, 0.1) is 0 Å². The molecule has 0 unspecified atom stereocenters. The molecule has 4 nitrogen and oxygen atoms in total. The lowest BCUT2D eigenvalue weighted by molar-refractivity contribution is -0.119. The van der Waals surface area contributed by atoms with Gasteiger partial charge >= 0.3 is 0 Å². The third-order valence-corrected chi connectivity index (χ3v) is 5.38. The van der Waals surface area contributed by atoms with Gasteiger partial charge in [-0.1, -0.05) is 42.5 Å². The van der Waals surface area contributed by atoms with E-state index in [1.807, 2.05) is 47.4 Å². The fourth-order valence-electron chi connectivity index (χ4n) is 2.97. The van der Waals surface area contributed by atoms with Crippen molar-refractivity contribution in [2.75, 3.05) is 23.0 Å². The van der Waals surface area contributed by atoms with Crippen molar-refractivity contribution in [1.82, 2.24) is 5.32 Å². The van der Waals surface area contributed by atoms with Gasteiger partial charge in [0, 0.05) is 25.2 Å². The second-order valence-electron chi connectivity index (χ2n) is 6.38. The van der Waals surface area contributed by atoms with E-state index in [0.717, 1.165) is 36.4 Å². The molecule has 0 aliphatic carbocycles. The summed E-state index contributed by atoms with van der Waals surface area (Å²) in [7, 11) is 0. The van der Waals surface area contributed by atoms with Gasteiger partial charge in [-0.15, -0.1) is 0 Å². The Balaban J connectivity index is 1.35. The van der Waals surface area contributed by atoms with Crippen LogP contribution in [0.2, 0.25) is 0 Å². The first-order chi connectivity index (χ1) is 12.7. The molecule has 0 bridgehead atoms. The minimum atomic E-state index is 0.0573. The van der Waals surface area contributed by atoms with Crippen LogP contribution in [0.25, 0.3) is 0 Å². The minimum absolute atomic E-state index is 0.0573. The highest BCUT2D eigenvalue weighted by molar-refractivity contribution is 7.99. The summed E-state index contributed by atoms with van der Waals surface area (Å²) in [4.78, 5) is 25.5. The van der Waals surface area contributed by atoms with Crippen molar-refractivity contribution in [3.8, 4) is 0 Å². The molecule has 0 saturated carbocycles. The average Bonchev–Trinajstić information content (AvgIpc) is 3.11. The molecular weight excluding hydrogens is 344 g/mol. The van der Waals surface area contributed by atoms with Crippen molar-refractivity contribution < 1.29 is 9.59 Å². The summed E-state index contributed by atoms with van der Waals surface area (Å²) in [5.74, 6) is 1.67. The van der Waals surface area contributed by atoms with Crippen molar-refractivity contribution in [2.24, 2.45) is 0 Å². The lowest BCUT2D eigenvalue weighted by atomic mass is 10.2. The number of aryl methyl sites for hydroxylation is 1. The number of amides is 2. The van der Waals surface area contributed by atoms with Crippen LogP contribution in [-0.2, 0) is 22.6 Å². The number of thioether (sulfide) groups is 1. The average molecular weight is 369 g/mol. The molecule has 1 N–H and O–H groups in total. The predicted molar refractivity (Wildman–Crippen MR) is 107 cm³/mol. The van der Waals surface area contributed by atoms with Gasteiger partial charge in [-0.3, -0.25) is 9.59 Å². The van der Waals surface area contributed by atoms with Crippen molar-refractivity contribution >= 4 is 29.3 Å². The zero-order chi connectivity index (χ0) is 18.2. The van der Waals surface area contributed by atoms with Crippen LogP contribution >= 0.6 is 11.8 Å². The molecule has 0 aromatic heterocycles. The molecule has 2 aromatic rings. The summed E-state index contributed by atoms with van der Waals surface area (Å²) in [6.45, 7) is 1.32. The van der Waals surface area contributed by atoms with E-state index in [1.165, 1.54) is 5.56 Å². The first-order valence-corrected chi connectivity index (χ1v) is 10.2. The summed E-state index contributed by atoms with van der Waals surface area (Å²) >= 11 is 1.65. The smallest absolute Gasteiger partial charge is 0.230 e. The highest BCUT2D eigenvalue weighted by atomic mass is 32.2. The van der Waals surface area contributed by atoms with Gasteiger partial charge in [0.25, 0.3) is 0 Å². The summed E-state index contributed by atoms with van der Waals surface area (Å²) in [6.07, 6.45) is 2.55. The lowest BCUT2D eigenvalue weighted by Gasteiger charge is -2.16.